The second kappa shape index (κ2) is 9.55. The van der Waals surface area contributed by atoms with Crippen LogP contribution in [0, 0.1) is 5.82 Å². The van der Waals surface area contributed by atoms with Crippen molar-refractivity contribution in [1.82, 2.24) is 4.31 Å². The van der Waals surface area contributed by atoms with Crippen LogP contribution in [0.4, 0.5) is 15.8 Å². The third-order valence-corrected chi connectivity index (χ3v) is 8.33. The Kier molecular flexibility index (Phi) is 7.21. The lowest BCUT2D eigenvalue weighted by molar-refractivity contribution is -0.117. The quantitative estimate of drug-likeness (QED) is 0.622. The number of nitrogens with zero attached hydrogens (tertiary/aromatic N) is 2. The predicted octanol–water partition coefficient (Wildman–Crippen LogP) is 2.79. The van der Waals surface area contributed by atoms with E-state index >= 15 is 0 Å². The van der Waals surface area contributed by atoms with E-state index in [9.17, 15) is 26.0 Å². The molecule has 0 aliphatic carbocycles. The van der Waals surface area contributed by atoms with E-state index in [1.807, 2.05) is 0 Å². The molecule has 1 heterocycles. The summed E-state index contributed by atoms with van der Waals surface area (Å²) in [4.78, 5) is 13.1. The number of rotatable bonds is 8. The zero-order valence-electron chi connectivity index (χ0n) is 17.9. The smallest absolute Gasteiger partial charge is 0.248 e. The summed E-state index contributed by atoms with van der Waals surface area (Å²) in [5, 5.41) is 2.65. The molecule has 1 amide bonds. The van der Waals surface area contributed by atoms with Crippen molar-refractivity contribution in [2.24, 2.45) is 0 Å². The Morgan fingerprint density at radius 2 is 1.59 bits per heavy atom. The maximum Gasteiger partial charge on any atom is 0.248 e. The molecule has 3 rings (SSSR count). The second-order valence-corrected chi connectivity index (χ2v) is 11.4. The van der Waals surface area contributed by atoms with Crippen molar-refractivity contribution in [3.8, 4) is 0 Å². The maximum atomic E-state index is 13.3. The van der Waals surface area contributed by atoms with E-state index in [-0.39, 0.29) is 17.0 Å². The largest absolute Gasteiger partial charge is 0.324 e. The van der Waals surface area contributed by atoms with Crippen LogP contribution in [0.3, 0.4) is 0 Å². The van der Waals surface area contributed by atoms with Gasteiger partial charge < -0.3 is 5.32 Å². The summed E-state index contributed by atoms with van der Waals surface area (Å²) < 4.78 is 65.8. The number of carbonyl (C=O) groups excluding carboxylic acids is 1. The average Bonchev–Trinajstić information content (AvgIpc) is 3.28. The van der Waals surface area contributed by atoms with Crippen LogP contribution in [0.5, 0.6) is 0 Å². The van der Waals surface area contributed by atoms with Gasteiger partial charge in [-0.3, -0.25) is 9.10 Å². The molecule has 1 saturated heterocycles. The Morgan fingerprint density at radius 1 is 1.03 bits per heavy atom. The molecule has 8 nitrogen and oxygen atoms in total. The molecule has 0 spiro atoms. The van der Waals surface area contributed by atoms with E-state index in [1.165, 1.54) is 40.7 Å². The fraction of sp³-hybridized carbons (Fsp3) is 0.381. The van der Waals surface area contributed by atoms with Gasteiger partial charge in [0, 0.05) is 18.8 Å². The number of sulfonamides is 2. The molecule has 32 heavy (non-hydrogen) atoms. The zero-order valence-corrected chi connectivity index (χ0v) is 19.5. The first kappa shape index (κ1) is 24.1. The highest BCUT2D eigenvalue weighted by Gasteiger charge is 2.32. The lowest BCUT2D eigenvalue weighted by atomic mass is 10.2. The Labute approximate surface area is 188 Å². The molecule has 1 N–H and O–H groups in total. The molecule has 1 atom stereocenters. The van der Waals surface area contributed by atoms with Crippen molar-refractivity contribution in [2.45, 2.75) is 37.1 Å². The molecule has 1 aliphatic heterocycles. The van der Waals surface area contributed by atoms with Crippen LogP contribution < -0.4 is 9.62 Å². The van der Waals surface area contributed by atoms with Crippen LogP contribution in [0.2, 0.25) is 0 Å². The first-order chi connectivity index (χ1) is 15.0. The molecule has 0 bridgehead atoms. The molecule has 174 valence electrons. The Bertz CT molecular complexity index is 1160. The molecule has 2 aromatic rings. The lowest BCUT2D eigenvalue weighted by Crippen LogP contribution is -2.47. The molecule has 0 radical (unpaired) electrons. The Balaban J connectivity index is 1.81. The molecule has 0 aromatic heterocycles. The minimum atomic E-state index is -3.85. The normalized spacial score (nSPS) is 16.0. The van der Waals surface area contributed by atoms with Crippen LogP contribution in [-0.2, 0) is 24.8 Å². The summed E-state index contributed by atoms with van der Waals surface area (Å²) in [7, 11) is -7.42. The number of hydrogen-bond donors (Lipinski definition) is 1. The molecule has 1 fully saturated rings. The van der Waals surface area contributed by atoms with Gasteiger partial charge in [0.15, 0.2) is 0 Å². The Hall–Kier alpha value is -2.50. The highest BCUT2D eigenvalue weighted by molar-refractivity contribution is 7.92. The van der Waals surface area contributed by atoms with Gasteiger partial charge in [-0.1, -0.05) is 6.92 Å². The Morgan fingerprint density at radius 3 is 2.09 bits per heavy atom. The standard InChI is InChI=1S/C21H26FN3O5S2/c1-3-20(25(31(2,27)28)18-10-6-16(22)7-11-18)21(26)23-17-8-12-19(13-9-17)32(29,30)24-14-4-5-15-24/h6-13,20H,3-5,14-15H2,1-2H3,(H,23,26). The van der Waals surface area contributed by atoms with Crippen molar-refractivity contribution in [3.05, 3.63) is 54.3 Å². The fourth-order valence-corrected chi connectivity index (χ4v) is 6.39. The van der Waals surface area contributed by atoms with Gasteiger partial charge in [-0.15, -0.1) is 0 Å². The first-order valence-electron chi connectivity index (χ1n) is 10.2. The van der Waals surface area contributed by atoms with Crippen LogP contribution in [0.15, 0.2) is 53.4 Å². The zero-order chi connectivity index (χ0) is 23.5. The average molecular weight is 484 g/mol. The van der Waals surface area contributed by atoms with Crippen molar-refractivity contribution in [1.29, 1.82) is 0 Å². The van der Waals surface area contributed by atoms with E-state index in [1.54, 1.807) is 6.92 Å². The number of amides is 1. The van der Waals surface area contributed by atoms with E-state index < -0.39 is 37.8 Å². The maximum absolute atomic E-state index is 13.3. The highest BCUT2D eigenvalue weighted by Crippen LogP contribution is 2.25. The summed E-state index contributed by atoms with van der Waals surface area (Å²) in [6.45, 7) is 2.64. The summed E-state index contributed by atoms with van der Waals surface area (Å²) in [6.07, 6.45) is 2.80. The monoisotopic (exact) mass is 483 g/mol. The molecular formula is C21H26FN3O5S2. The predicted molar refractivity (Wildman–Crippen MR) is 121 cm³/mol. The molecular weight excluding hydrogens is 457 g/mol. The van der Waals surface area contributed by atoms with Gasteiger partial charge in [-0.2, -0.15) is 4.31 Å². The summed E-state index contributed by atoms with van der Waals surface area (Å²) >= 11 is 0. The number of anilines is 2. The minimum Gasteiger partial charge on any atom is -0.324 e. The third kappa shape index (κ3) is 5.28. The molecule has 1 unspecified atom stereocenters. The summed E-state index contributed by atoms with van der Waals surface area (Å²) in [6, 6.07) is 9.52. The number of carbonyl (C=O) groups is 1. The number of benzene rings is 2. The van der Waals surface area contributed by atoms with E-state index in [0.717, 1.165) is 35.5 Å². The molecule has 0 saturated carbocycles. The van der Waals surface area contributed by atoms with Crippen molar-refractivity contribution in [3.63, 3.8) is 0 Å². The first-order valence-corrected chi connectivity index (χ1v) is 13.5. The van der Waals surface area contributed by atoms with Crippen LogP contribution in [0.25, 0.3) is 0 Å². The summed E-state index contributed by atoms with van der Waals surface area (Å²) in [5.41, 5.74) is 0.504. The van der Waals surface area contributed by atoms with E-state index in [0.29, 0.717) is 18.8 Å². The van der Waals surface area contributed by atoms with Crippen molar-refractivity contribution >= 4 is 37.3 Å². The van der Waals surface area contributed by atoms with Crippen LogP contribution >= 0.6 is 0 Å². The topological polar surface area (TPSA) is 104 Å². The third-order valence-electron chi connectivity index (χ3n) is 5.24. The molecule has 2 aromatic carbocycles. The van der Waals surface area contributed by atoms with Crippen LogP contribution in [0.1, 0.15) is 26.2 Å². The van der Waals surface area contributed by atoms with Gasteiger partial charge in [0.05, 0.1) is 16.8 Å². The SMILES string of the molecule is CCC(C(=O)Nc1ccc(S(=O)(=O)N2CCCC2)cc1)N(c1ccc(F)cc1)S(C)(=O)=O. The fourth-order valence-electron chi connectivity index (χ4n) is 3.66. The number of halogens is 1. The minimum absolute atomic E-state index is 0.133. The van der Waals surface area contributed by atoms with Crippen molar-refractivity contribution < 1.29 is 26.0 Å². The van der Waals surface area contributed by atoms with Gasteiger partial charge in [0.2, 0.25) is 26.0 Å². The van der Waals surface area contributed by atoms with Gasteiger partial charge >= 0.3 is 0 Å². The van der Waals surface area contributed by atoms with Crippen molar-refractivity contribution in [2.75, 3.05) is 29.0 Å². The van der Waals surface area contributed by atoms with E-state index in [2.05, 4.69) is 5.32 Å². The van der Waals surface area contributed by atoms with Gasteiger partial charge in [-0.05, 0) is 67.8 Å². The second-order valence-electron chi connectivity index (χ2n) is 7.58. The lowest BCUT2D eigenvalue weighted by Gasteiger charge is -2.30. The highest BCUT2D eigenvalue weighted by atomic mass is 32.2. The van der Waals surface area contributed by atoms with Gasteiger partial charge in [0.25, 0.3) is 0 Å². The number of hydrogen-bond acceptors (Lipinski definition) is 5. The molecule has 11 heteroatoms. The van der Waals surface area contributed by atoms with Crippen LogP contribution in [-0.4, -0.2) is 52.4 Å². The van der Waals surface area contributed by atoms with Gasteiger partial charge in [0.1, 0.15) is 11.9 Å². The van der Waals surface area contributed by atoms with Gasteiger partial charge in [-0.25, -0.2) is 21.2 Å². The van der Waals surface area contributed by atoms with E-state index in [4.69, 9.17) is 0 Å². The molecule has 1 aliphatic rings. The number of nitrogens with one attached hydrogen (secondary N) is 1. The summed E-state index contributed by atoms with van der Waals surface area (Å²) in [5.74, 6) is -1.11.